The van der Waals surface area contributed by atoms with Crippen molar-refractivity contribution in [3.63, 3.8) is 0 Å². The van der Waals surface area contributed by atoms with Crippen LogP contribution in [-0.2, 0) is 0 Å². The lowest BCUT2D eigenvalue weighted by molar-refractivity contribution is 0.438. The zero-order valence-corrected chi connectivity index (χ0v) is 11.0. The Kier molecular flexibility index (Phi) is 3.31. The standard InChI is InChI=1S/C12H12Cl2N2O/c1-6(2)10-11(16-17-12(10)15)8-5-7(13)3-4-9(8)14/h3-6H,15H2,1-2H3. The number of hydrogen-bond acceptors (Lipinski definition) is 3. The summed E-state index contributed by atoms with van der Waals surface area (Å²) in [5.41, 5.74) is 8.01. The molecule has 0 amide bonds. The Labute approximate surface area is 109 Å². The number of nitrogens with zero attached hydrogens (tertiary/aromatic N) is 1. The first-order valence-electron chi connectivity index (χ1n) is 5.21. The van der Waals surface area contributed by atoms with Gasteiger partial charge < -0.3 is 10.3 Å². The number of hydrogen-bond donors (Lipinski definition) is 1. The summed E-state index contributed by atoms with van der Waals surface area (Å²) in [5.74, 6) is 0.525. The molecule has 5 heteroatoms. The van der Waals surface area contributed by atoms with E-state index in [0.717, 1.165) is 11.1 Å². The highest BCUT2D eigenvalue weighted by atomic mass is 35.5. The maximum atomic E-state index is 6.14. The Morgan fingerprint density at radius 2 is 2.00 bits per heavy atom. The fraction of sp³-hybridized carbons (Fsp3) is 0.250. The van der Waals surface area contributed by atoms with Crippen molar-refractivity contribution < 1.29 is 4.52 Å². The summed E-state index contributed by atoms with van der Waals surface area (Å²) in [6.45, 7) is 4.04. The van der Waals surface area contributed by atoms with Gasteiger partial charge in [0.2, 0.25) is 5.88 Å². The van der Waals surface area contributed by atoms with Crippen molar-refractivity contribution in [2.75, 3.05) is 5.73 Å². The van der Waals surface area contributed by atoms with Gasteiger partial charge in [0.25, 0.3) is 0 Å². The Morgan fingerprint density at radius 3 is 2.65 bits per heavy atom. The van der Waals surface area contributed by atoms with Crippen LogP contribution in [-0.4, -0.2) is 5.16 Å². The van der Waals surface area contributed by atoms with E-state index in [4.69, 9.17) is 33.5 Å². The number of nitrogens with two attached hydrogens (primary N) is 1. The fourth-order valence-electron chi connectivity index (χ4n) is 1.74. The van der Waals surface area contributed by atoms with Crippen molar-refractivity contribution in [2.45, 2.75) is 19.8 Å². The topological polar surface area (TPSA) is 52.0 Å². The molecule has 0 aliphatic rings. The molecule has 0 bridgehead atoms. The minimum absolute atomic E-state index is 0.200. The summed E-state index contributed by atoms with van der Waals surface area (Å²) >= 11 is 12.1. The Bertz CT molecular complexity index is 549. The maximum Gasteiger partial charge on any atom is 0.226 e. The molecule has 0 saturated heterocycles. The second-order valence-electron chi connectivity index (χ2n) is 4.09. The molecule has 17 heavy (non-hydrogen) atoms. The van der Waals surface area contributed by atoms with Crippen molar-refractivity contribution >= 4 is 29.1 Å². The minimum Gasteiger partial charge on any atom is -0.367 e. The highest BCUT2D eigenvalue weighted by Gasteiger charge is 2.20. The molecule has 1 aromatic heterocycles. The van der Waals surface area contributed by atoms with Crippen molar-refractivity contribution in [1.29, 1.82) is 0 Å². The van der Waals surface area contributed by atoms with Crippen molar-refractivity contribution in [2.24, 2.45) is 0 Å². The summed E-state index contributed by atoms with van der Waals surface area (Å²) in [6, 6.07) is 5.22. The van der Waals surface area contributed by atoms with E-state index < -0.39 is 0 Å². The molecule has 2 aromatic rings. The van der Waals surface area contributed by atoms with Gasteiger partial charge in [0.05, 0.1) is 5.02 Å². The number of benzene rings is 1. The van der Waals surface area contributed by atoms with Gasteiger partial charge in [-0.15, -0.1) is 0 Å². The normalized spacial score (nSPS) is 11.1. The second-order valence-corrected chi connectivity index (χ2v) is 4.93. The van der Waals surface area contributed by atoms with E-state index in [-0.39, 0.29) is 5.92 Å². The molecule has 90 valence electrons. The predicted molar refractivity (Wildman–Crippen MR) is 70.5 cm³/mol. The van der Waals surface area contributed by atoms with E-state index in [2.05, 4.69) is 5.16 Å². The van der Waals surface area contributed by atoms with Gasteiger partial charge >= 0.3 is 0 Å². The van der Waals surface area contributed by atoms with Gasteiger partial charge in [0, 0.05) is 16.1 Å². The van der Waals surface area contributed by atoms with Gasteiger partial charge in [0.15, 0.2) is 0 Å². The highest BCUT2D eigenvalue weighted by Crippen LogP contribution is 2.37. The molecular weight excluding hydrogens is 259 g/mol. The fourth-order valence-corrected chi connectivity index (χ4v) is 2.12. The van der Waals surface area contributed by atoms with Gasteiger partial charge in [-0.25, -0.2) is 0 Å². The third-order valence-corrected chi connectivity index (χ3v) is 3.08. The zero-order chi connectivity index (χ0) is 12.6. The summed E-state index contributed by atoms with van der Waals surface area (Å²) in [7, 11) is 0. The first-order valence-corrected chi connectivity index (χ1v) is 5.96. The number of halogens is 2. The Hall–Kier alpha value is -1.19. The lowest BCUT2D eigenvalue weighted by Crippen LogP contribution is -1.95. The first-order chi connectivity index (χ1) is 8.00. The number of aromatic nitrogens is 1. The molecule has 0 spiro atoms. The SMILES string of the molecule is CC(C)c1c(-c2cc(Cl)ccc2Cl)noc1N. The molecule has 3 nitrogen and oxygen atoms in total. The van der Waals surface area contributed by atoms with Gasteiger partial charge in [-0.05, 0) is 24.1 Å². The van der Waals surface area contributed by atoms with E-state index in [1.165, 1.54) is 0 Å². The van der Waals surface area contributed by atoms with Crippen LogP contribution in [0.3, 0.4) is 0 Å². The summed E-state index contributed by atoms with van der Waals surface area (Å²) in [6.07, 6.45) is 0. The number of rotatable bonds is 2. The lowest BCUT2D eigenvalue weighted by Gasteiger charge is -2.07. The first kappa shape index (κ1) is 12.3. The maximum absolute atomic E-state index is 6.14. The van der Waals surface area contributed by atoms with Crippen LogP contribution in [0.1, 0.15) is 25.3 Å². The zero-order valence-electron chi connectivity index (χ0n) is 9.50. The molecule has 1 aromatic carbocycles. The van der Waals surface area contributed by atoms with Crippen LogP contribution in [0.15, 0.2) is 22.7 Å². The predicted octanol–water partition coefficient (Wildman–Crippen LogP) is 4.35. The summed E-state index contributed by atoms with van der Waals surface area (Å²) < 4.78 is 5.03. The molecule has 0 saturated carbocycles. The van der Waals surface area contributed by atoms with Gasteiger partial charge in [-0.1, -0.05) is 42.2 Å². The van der Waals surface area contributed by atoms with Crippen LogP contribution in [0.2, 0.25) is 10.0 Å². The lowest BCUT2D eigenvalue weighted by atomic mass is 9.99. The summed E-state index contributed by atoms with van der Waals surface area (Å²) in [4.78, 5) is 0. The largest absolute Gasteiger partial charge is 0.367 e. The Balaban J connectivity index is 2.64. The number of anilines is 1. The molecule has 0 atom stereocenters. The molecular formula is C12H12Cl2N2O. The van der Waals surface area contributed by atoms with Crippen LogP contribution >= 0.6 is 23.2 Å². The highest BCUT2D eigenvalue weighted by molar-refractivity contribution is 6.35. The minimum atomic E-state index is 0.200. The molecule has 2 N–H and O–H groups in total. The van der Waals surface area contributed by atoms with Crippen LogP contribution < -0.4 is 5.73 Å². The van der Waals surface area contributed by atoms with Crippen molar-refractivity contribution in [3.8, 4) is 11.3 Å². The smallest absolute Gasteiger partial charge is 0.226 e. The average molecular weight is 271 g/mol. The summed E-state index contributed by atoms with van der Waals surface area (Å²) in [5, 5.41) is 5.14. The van der Waals surface area contributed by atoms with Gasteiger partial charge in [-0.2, -0.15) is 0 Å². The molecule has 0 fully saturated rings. The van der Waals surface area contributed by atoms with E-state index in [9.17, 15) is 0 Å². The number of nitrogen functional groups attached to an aromatic ring is 1. The monoisotopic (exact) mass is 270 g/mol. The van der Waals surface area contributed by atoms with E-state index in [1.807, 2.05) is 13.8 Å². The second kappa shape index (κ2) is 4.59. The van der Waals surface area contributed by atoms with Crippen LogP contribution in [0.5, 0.6) is 0 Å². The van der Waals surface area contributed by atoms with Crippen molar-refractivity contribution in [3.05, 3.63) is 33.8 Å². The molecule has 0 unspecified atom stereocenters. The van der Waals surface area contributed by atoms with Crippen LogP contribution in [0.4, 0.5) is 5.88 Å². The van der Waals surface area contributed by atoms with Crippen molar-refractivity contribution in [1.82, 2.24) is 5.16 Å². The molecule has 0 aliphatic carbocycles. The third-order valence-electron chi connectivity index (χ3n) is 2.52. The third kappa shape index (κ3) is 2.26. The van der Waals surface area contributed by atoms with E-state index in [0.29, 0.717) is 21.6 Å². The average Bonchev–Trinajstić information content (AvgIpc) is 2.64. The quantitative estimate of drug-likeness (QED) is 0.883. The molecule has 0 radical (unpaired) electrons. The van der Waals surface area contributed by atoms with Crippen LogP contribution in [0.25, 0.3) is 11.3 Å². The molecule has 1 heterocycles. The molecule has 2 rings (SSSR count). The van der Waals surface area contributed by atoms with Crippen LogP contribution in [0, 0.1) is 0 Å². The van der Waals surface area contributed by atoms with Gasteiger partial charge in [0.1, 0.15) is 5.69 Å². The van der Waals surface area contributed by atoms with Gasteiger partial charge in [-0.3, -0.25) is 0 Å². The van der Waals surface area contributed by atoms with E-state index in [1.54, 1.807) is 18.2 Å². The molecule has 0 aliphatic heterocycles. The van der Waals surface area contributed by atoms with E-state index >= 15 is 0 Å². The Morgan fingerprint density at radius 1 is 1.29 bits per heavy atom.